The van der Waals surface area contributed by atoms with Crippen molar-refractivity contribution in [2.24, 2.45) is 0 Å². The quantitative estimate of drug-likeness (QED) is 0.750. The third-order valence-corrected chi connectivity index (χ3v) is 4.30. The number of rotatable bonds is 7. The van der Waals surface area contributed by atoms with Crippen LogP contribution >= 0.6 is 0 Å². The average Bonchev–Trinajstić information content (AvgIpc) is 2.46. The Balaban J connectivity index is 2.86. The molecular weight excluding hydrogens is 262 g/mol. The molecule has 0 atom stereocenters. The van der Waals surface area contributed by atoms with Gasteiger partial charge < -0.3 is 9.64 Å². The molecule has 0 radical (unpaired) electrons. The summed E-state index contributed by atoms with van der Waals surface area (Å²) in [6.45, 7) is 12.8. The molecular formula is C18H29NO2. The molecule has 1 aromatic carbocycles. The maximum Gasteiger partial charge on any atom is 0.261 e. The standard InChI is InChI=1S/C18H29NO2/c1-7-17(3,4)19(18(5,6)8-2)16(20)14-21-15-12-10-9-11-13-15/h9-13H,7-8,14H2,1-6H3. The van der Waals surface area contributed by atoms with Gasteiger partial charge in [0.15, 0.2) is 6.61 Å². The Morgan fingerprint density at radius 2 is 1.48 bits per heavy atom. The van der Waals surface area contributed by atoms with E-state index in [1.54, 1.807) is 0 Å². The van der Waals surface area contributed by atoms with E-state index in [-0.39, 0.29) is 23.6 Å². The highest BCUT2D eigenvalue weighted by Crippen LogP contribution is 2.30. The number of benzene rings is 1. The zero-order valence-electron chi connectivity index (χ0n) is 14.3. The van der Waals surface area contributed by atoms with Gasteiger partial charge in [0, 0.05) is 11.1 Å². The van der Waals surface area contributed by atoms with Crippen molar-refractivity contribution in [1.29, 1.82) is 0 Å². The van der Waals surface area contributed by atoms with Crippen LogP contribution < -0.4 is 4.74 Å². The lowest BCUT2D eigenvalue weighted by atomic mass is 9.89. The van der Waals surface area contributed by atoms with Crippen LogP contribution in [0.25, 0.3) is 0 Å². The summed E-state index contributed by atoms with van der Waals surface area (Å²) in [4.78, 5) is 14.7. The number of carbonyl (C=O) groups is 1. The first kappa shape index (κ1) is 17.5. The molecule has 0 aromatic heterocycles. The van der Waals surface area contributed by atoms with E-state index in [9.17, 15) is 4.79 Å². The Hall–Kier alpha value is -1.51. The van der Waals surface area contributed by atoms with Crippen LogP contribution in [0, 0.1) is 0 Å². The van der Waals surface area contributed by atoms with Gasteiger partial charge in [-0.1, -0.05) is 32.0 Å². The van der Waals surface area contributed by atoms with Crippen molar-refractivity contribution in [3.05, 3.63) is 30.3 Å². The molecule has 3 nitrogen and oxygen atoms in total. The predicted molar refractivity (Wildman–Crippen MR) is 87.5 cm³/mol. The summed E-state index contributed by atoms with van der Waals surface area (Å²) in [6.07, 6.45) is 1.82. The molecule has 0 unspecified atom stereocenters. The largest absolute Gasteiger partial charge is 0.484 e. The molecule has 3 heteroatoms. The zero-order chi connectivity index (χ0) is 16.1. The minimum Gasteiger partial charge on any atom is -0.484 e. The molecule has 0 bridgehead atoms. The van der Waals surface area contributed by atoms with Gasteiger partial charge in [0.25, 0.3) is 5.91 Å². The first-order chi connectivity index (χ1) is 9.74. The Bertz CT molecular complexity index is 436. The van der Waals surface area contributed by atoms with Crippen LogP contribution in [0.4, 0.5) is 0 Å². The van der Waals surface area contributed by atoms with E-state index in [2.05, 4.69) is 41.5 Å². The Morgan fingerprint density at radius 1 is 1.00 bits per heavy atom. The molecule has 0 aliphatic heterocycles. The van der Waals surface area contributed by atoms with Gasteiger partial charge >= 0.3 is 0 Å². The predicted octanol–water partition coefficient (Wildman–Crippen LogP) is 4.27. The van der Waals surface area contributed by atoms with Crippen LogP contribution in [0.1, 0.15) is 54.4 Å². The number of ether oxygens (including phenoxy) is 1. The summed E-state index contributed by atoms with van der Waals surface area (Å²) in [6, 6.07) is 9.48. The fourth-order valence-electron chi connectivity index (χ4n) is 2.54. The Morgan fingerprint density at radius 3 is 1.90 bits per heavy atom. The number of hydrogen-bond donors (Lipinski definition) is 0. The summed E-state index contributed by atoms with van der Waals surface area (Å²) < 4.78 is 5.64. The van der Waals surface area contributed by atoms with E-state index < -0.39 is 0 Å². The summed E-state index contributed by atoms with van der Waals surface area (Å²) in [5.41, 5.74) is -0.368. The van der Waals surface area contributed by atoms with Crippen molar-refractivity contribution in [2.45, 2.75) is 65.5 Å². The molecule has 0 heterocycles. The van der Waals surface area contributed by atoms with Crippen LogP contribution in [-0.4, -0.2) is 28.5 Å². The molecule has 1 rings (SSSR count). The van der Waals surface area contributed by atoms with Gasteiger partial charge in [-0.05, 0) is 52.7 Å². The van der Waals surface area contributed by atoms with Crippen LogP contribution in [-0.2, 0) is 4.79 Å². The number of para-hydroxylation sites is 1. The van der Waals surface area contributed by atoms with Gasteiger partial charge in [0.05, 0.1) is 0 Å². The van der Waals surface area contributed by atoms with Crippen molar-refractivity contribution in [2.75, 3.05) is 6.61 Å². The molecule has 0 N–H and O–H groups in total. The van der Waals surface area contributed by atoms with Gasteiger partial charge in [0.1, 0.15) is 5.75 Å². The number of nitrogens with zero attached hydrogens (tertiary/aromatic N) is 1. The topological polar surface area (TPSA) is 29.5 Å². The van der Waals surface area contributed by atoms with Gasteiger partial charge in [-0.25, -0.2) is 0 Å². The lowest BCUT2D eigenvalue weighted by molar-refractivity contribution is -0.147. The molecule has 0 spiro atoms. The molecule has 0 aliphatic carbocycles. The van der Waals surface area contributed by atoms with E-state index in [4.69, 9.17) is 4.74 Å². The Labute approximate surface area is 129 Å². The minimum atomic E-state index is -0.184. The van der Waals surface area contributed by atoms with Crippen molar-refractivity contribution in [3.63, 3.8) is 0 Å². The van der Waals surface area contributed by atoms with E-state index in [0.29, 0.717) is 0 Å². The van der Waals surface area contributed by atoms with E-state index in [1.165, 1.54) is 0 Å². The monoisotopic (exact) mass is 291 g/mol. The molecule has 118 valence electrons. The van der Waals surface area contributed by atoms with Gasteiger partial charge in [-0.3, -0.25) is 4.79 Å². The second-order valence-electron chi connectivity index (χ2n) is 6.66. The maximum absolute atomic E-state index is 12.7. The second-order valence-corrected chi connectivity index (χ2v) is 6.66. The lowest BCUT2D eigenvalue weighted by Gasteiger charge is -2.48. The SMILES string of the molecule is CCC(C)(C)N(C(=O)COc1ccccc1)C(C)(C)CC. The molecule has 21 heavy (non-hydrogen) atoms. The molecule has 1 aromatic rings. The van der Waals surface area contributed by atoms with Gasteiger partial charge in [-0.2, -0.15) is 0 Å². The molecule has 0 fully saturated rings. The molecule has 1 amide bonds. The van der Waals surface area contributed by atoms with Crippen molar-refractivity contribution in [3.8, 4) is 5.75 Å². The van der Waals surface area contributed by atoms with Gasteiger partial charge in [0.2, 0.25) is 0 Å². The lowest BCUT2D eigenvalue weighted by Crippen LogP contribution is -2.59. The van der Waals surface area contributed by atoms with Crippen LogP contribution in [0.15, 0.2) is 30.3 Å². The van der Waals surface area contributed by atoms with E-state index in [1.807, 2.05) is 35.2 Å². The minimum absolute atomic E-state index is 0.0394. The maximum atomic E-state index is 12.7. The average molecular weight is 291 g/mol. The number of carbonyl (C=O) groups excluding carboxylic acids is 1. The smallest absolute Gasteiger partial charge is 0.261 e. The zero-order valence-corrected chi connectivity index (χ0v) is 14.3. The summed E-state index contributed by atoms with van der Waals surface area (Å²) in [5.74, 6) is 0.770. The summed E-state index contributed by atoms with van der Waals surface area (Å²) in [5, 5.41) is 0. The highest BCUT2D eigenvalue weighted by Gasteiger charge is 2.39. The van der Waals surface area contributed by atoms with E-state index in [0.717, 1.165) is 18.6 Å². The third kappa shape index (κ3) is 4.48. The van der Waals surface area contributed by atoms with Crippen LogP contribution in [0.5, 0.6) is 5.75 Å². The van der Waals surface area contributed by atoms with Gasteiger partial charge in [-0.15, -0.1) is 0 Å². The van der Waals surface area contributed by atoms with Crippen molar-refractivity contribution >= 4 is 5.91 Å². The first-order valence-electron chi connectivity index (χ1n) is 7.75. The van der Waals surface area contributed by atoms with Crippen molar-refractivity contribution in [1.82, 2.24) is 4.90 Å². The van der Waals surface area contributed by atoms with E-state index >= 15 is 0 Å². The highest BCUT2D eigenvalue weighted by atomic mass is 16.5. The highest BCUT2D eigenvalue weighted by molar-refractivity contribution is 5.79. The second kappa shape index (κ2) is 6.97. The fourth-order valence-corrected chi connectivity index (χ4v) is 2.54. The van der Waals surface area contributed by atoms with Crippen LogP contribution in [0.3, 0.4) is 0 Å². The number of hydrogen-bond acceptors (Lipinski definition) is 2. The molecule has 0 saturated carbocycles. The molecule has 0 aliphatic rings. The van der Waals surface area contributed by atoms with Crippen molar-refractivity contribution < 1.29 is 9.53 Å². The Kier molecular flexibility index (Phi) is 5.82. The summed E-state index contributed by atoms with van der Waals surface area (Å²) >= 11 is 0. The molecule has 0 saturated heterocycles. The summed E-state index contributed by atoms with van der Waals surface area (Å²) in [7, 11) is 0. The number of amides is 1. The first-order valence-corrected chi connectivity index (χ1v) is 7.75. The van der Waals surface area contributed by atoms with Crippen LogP contribution in [0.2, 0.25) is 0 Å². The third-order valence-electron chi connectivity index (χ3n) is 4.30. The fraction of sp³-hybridized carbons (Fsp3) is 0.611. The normalized spacial score (nSPS) is 12.1.